The molecule has 31 heavy (non-hydrogen) atoms. The highest BCUT2D eigenvalue weighted by molar-refractivity contribution is 6.30. The van der Waals surface area contributed by atoms with E-state index >= 15 is 0 Å². The fraction of sp³-hybridized carbons (Fsp3) is 0.0345. The molecular formula is C29H21ClO. The van der Waals surface area contributed by atoms with Crippen LogP contribution in [0.4, 0.5) is 0 Å². The second kappa shape index (κ2) is 8.03. The molecule has 1 unspecified atom stereocenters. The van der Waals surface area contributed by atoms with Crippen molar-refractivity contribution in [2.24, 2.45) is 0 Å². The van der Waals surface area contributed by atoms with E-state index < -0.39 is 5.60 Å². The molecule has 0 aliphatic rings. The lowest BCUT2D eigenvalue weighted by molar-refractivity contribution is 0.126. The summed E-state index contributed by atoms with van der Waals surface area (Å²) in [4.78, 5) is 0. The van der Waals surface area contributed by atoms with Gasteiger partial charge in [-0.25, -0.2) is 0 Å². The highest BCUT2D eigenvalue weighted by atomic mass is 35.5. The molecule has 0 bridgehead atoms. The largest absolute Gasteiger partial charge is 0.376 e. The zero-order valence-corrected chi connectivity index (χ0v) is 17.6. The Morgan fingerprint density at radius 3 is 1.97 bits per heavy atom. The third kappa shape index (κ3) is 3.53. The van der Waals surface area contributed by atoms with Gasteiger partial charge in [-0.15, -0.1) is 0 Å². The van der Waals surface area contributed by atoms with Crippen LogP contribution in [-0.4, -0.2) is 5.11 Å². The minimum atomic E-state index is -1.32. The van der Waals surface area contributed by atoms with Gasteiger partial charge in [0.25, 0.3) is 0 Å². The molecule has 5 aromatic carbocycles. The molecule has 150 valence electrons. The maximum Gasteiger partial charge on any atom is 0.141 e. The molecule has 0 aliphatic heterocycles. The Bertz CT molecular complexity index is 1340. The zero-order valence-electron chi connectivity index (χ0n) is 16.9. The summed E-state index contributed by atoms with van der Waals surface area (Å²) in [6.07, 6.45) is 0. The van der Waals surface area contributed by atoms with Gasteiger partial charge in [-0.3, -0.25) is 0 Å². The van der Waals surface area contributed by atoms with Crippen molar-refractivity contribution >= 4 is 22.4 Å². The van der Waals surface area contributed by atoms with Gasteiger partial charge in [0.2, 0.25) is 0 Å². The van der Waals surface area contributed by atoms with Crippen LogP contribution in [0.25, 0.3) is 21.9 Å². The molecule has 1 N–H and O–H groups in total. The number of benzene rings is 5. The number of aliphatic hydroxyl groups is 1. The number of fused-ring (bicyclic) bond motifs is 1. The summed E-state index contributed by atoms with van der Waals surface area (Å²) < 4.78 is 0. The molecule has 0 aliphatic carbocycles. The SMILES string of the molecule is OC(c1ccccc1)(c1ccc2ccccc2c1)c1ccccc1-c1ccc(Cl)cc1. The maximum absolute atomic E-state index is 12.5. The number of hydrogen-bond donors (Lipinski definition) is 1. The minimum absolute atomic E-state index is 0.689. The first kappa shape index (κ1) is 19.6. The number of halogens is 1. The van der Waals surface area contributed by atoms with Crippen LogP contribution >= 0.6 is 11.6 Å². The van der Waals surface area contributed by atoms with Gasteiger partial charge in [0.05, 0.1) is 0 Å². The Morgan fingerprint density at radius 1 is 0.548 bits per heavy atom. The lowest BCUT2D eigenvalue weighted by atomic mass is 9.77. The van der Waals surface area contributed by atoms with Crippen LogP contribution in [0.15, 0.2) is 121 Å². The zero-order chi connectivity index (χ0) is 21.3. The van der Waals surface area contributed by atoms with Gasteiger partial charge in [-0.05, 0) is 51.2 Å². The summed E-state index contributed by atoms with van der Waals surface area (Å²) in [6.45, 7) is 0. The van der Waals surface area contributed by atoms with Gasteiger partial charge >= 0.3 is 0 Å². The summed E-state index contributed by atoms with van der Waals surface area (Å²) in [6, 6.07) is 40.0. The molecule has 0 amide bonds. The quantitative estimate of drug-likeness (QED) is 0.299. The van der Waals surface area contributed by atoms with E-state index in [0.29, 0.717) is 5.02 Å². The average molecular weight is 421 g/mol. The van der Waals surface area contributed by atoms with Crippen molar-refractivity contribution in [3.05, 3.63) is 143 Å². The lowest BCUT2D eigenvalue weighted by Crippen LogP contribution is -2.29. The predicted octanol–water partition coefficient (Wildman–Crippen LogP) is 7.44. The predicted molar refractivity (Wildman–Crippen MR) is 129 cm³/mol. The molecule has 1 nitrogen and oxygen atoms in total. The van der Waals surface area contributed by atoms with Gasteiger partial charge in [0, 0.05) is 10.6 Å². The van der Waals surface area contributed by atoms with Gasteiger partial charge < -0.3 is 5.11 Å². The van der Waals surface area contributed by atoms with Crippen molar-refractivity contribution in [1.29, 1.82) is 0 Å². The molecule has 0 fully saturated rings. The van der Waals surface area contributed by atoms with E-state index in [9.17, 15) is 5.11 Å². The molecule has 0 radical (unpaired) electrons. The van der Waals surface area contributed by atoms with Crippen molar-refractivity contribution in [2.45, 2.75) is 5.60 Å². The Labute approximate surface area is 187 Å². The topological polar surface area (TPSA) is 20.2 Å². The molecule has 2 heteroatoms. The van der Waals surface area contributed by atoms with E-state index in [-0.39, 0.29) is 0 Å². The van der Waals surface area contributed by atoms with Crippen LogP contribution < -0.4 is 0 Å². The molecule has 0 saturated carbocycles. The summed E-state index contributed by atoms with van der Waals surface area (Å²) >= 11 is 6.13. The second-order valence-corrected chi connectivity index (χ2v) is 8.13. The fourth-order valence-corrected chi connectivity index (χ4v) is 4.38. The minimum Gasteiger partial charge on any atom is -0.376 e. The molecule has 1 atom stereocenters. The van der Waals surface area contributed by atoms with Crippen molar-refractivity contribution in [2.75, 3.05) is 0 Å². The number of rotatable bonds is 4. The van der Waals surface area contributed by atoms with Crippen molar-refractivity contribution in [3.8, 4) is 11.1 Å². The molecule has 0 spiro atoms. The van der Waals surface area contributed by atoms with Gasteiger partial charge in [0.15, 0.2) is 0 Å². The summed E-state index contributed by atoms with van der Waals surface area (Å²) in [5.41, 5.74) is 3.15. The first-order valence-corrected chi connectivity index (χ1v) is 10.7. The standard InChI is InChI=1S/C29H21ClO/c30-26-18-15-22(16-19-26)27-12-6-7-13-28(27)29(31,24-10-2-1-3-11-24)25-17-14-21-8-4-5-9-23(21)20-25/h1-20,31H. The van der Waals surface area contributed by atoms with E-state index in [1.54, 1.807) is 0 Å². The van der Waals surface area contributed by atoms with Crippen molar-refractivity contribution in [3.63, 3.8) is 0 Å². The van der Waals surface area contributed by atoms with E-state index in [0.717, 1.165) is 38.6 Å². The highest BCUT2D eigenvalue weighted by Gasteiger charge is 2.36. The average Bonchev–Trinajstić information content (AvgIpc) is 2.84. The van der Waals surface area contributed by atoms with Gasteiger partial charge in [-0.1, -0.05) is 115 Å². The van der Waals surface area contributed by atoms with Crippen LogP contribution in [0.3, 0.4) is 0 Å². The smallest absolute Gasteiger partial charge is 0.141 e. The first-order chi connectivity index (χ1) is 15.2. The van der Waals surface area contributed by atoms with Crippen LogP contribution in [0, 0.1) is 0 Å². The van der Waals surface area contributed by atoms with Crippen LogP contribution in [0.5, 0.6) is 0 Å². The van der Waals surface area contributed by atoms with Gasteiger partial charge in [0.1, 0.15) is 5.60 Å². The third-order valence-electron chi connectivity index (χ3n) is 5.83. The Morgan fingerprint density at radius 2 is 1.19 bits per heavy atom. The Hall–Kier alpha value is -3.39. The van der Waals surface area contributed by atoms with Crippen LogP contribution in [0.2, 0.25) is 5.02 Å². The van der Waals surface area contributed by atoms with Crippen LogP contribution in [0.1, 0.15) is 16.7 Å². The summed E-state index contributed by atoms with van der Waals surface area (Å²) in [5, 5.41) is 15.4. The second-order valence-electron chi connectivity index (χ2n) is 7.69. The fourth-order valence-electron chi connectivity index (χ4n) is 4.25. The molecule has 5 rings (SSSR count). The lowest BCUT2D eigenvalue weighted by Gasteiger charge is -2.32. The molecule has 0 aromatic heterocycles. The number of hydrogen-bond acceptors (Lipinski definition) is 1. The molecule has 0 heterocycles. The van der Waals surface area contributed by atoms with E-state index in [2.05, 4.69) is 24.3 Å². The van der Waals surface area contributed by atoms with E-state index in [1.165, 1.54) is 0 Å². The van der Waals surface area contributed by atoms with Crippen molar-refractivity contribution < 1.29 is 5.11 Å². The third-order valence-corrected chi connectivity index (χ3v) is 6.08. The monoisotopic (exact) mass is 420 g/mol. The van der Waals surface area contributed by atoms with Gasteiger partial charge in [-0.2, -0.15) is 0 Å². The highest BCUT2D eigenvalue weighted by Crippen LogP contribution is 2.42. The summed E-state index contributed by atoms with van der Waals surface area (Å²) in [7, 11) is 0. The summed E-state index contributed by atoms with van der Waals surface area (Å²) in [5.74, 6) is 0. The van der Waals surface area contributed by atoms with Crippen LogP contribution in [-0.2, 0) is 5.60 Å². The Balaban J connectivity index is 1.79. The van der Waals surface area contributed by atoms with E-state index in [1.807, 2.05) is 97.1 Å². The molecule has 0 saturated heterocycles. The Kier molecular flexibility index (Phi) is 5.07. The van der Waals surface area contributed by atoms with E-state index in [4.69, 9.17) is 11.6 Å². The molecule has 5 aromatic rings. The maximum atomic E-state index is 12.5. The van der Waals surface area contributed by atoms with Crippen molar-refractivity contribution in [1.82, 2.24) is 0 Å². The normalized spacial score (nSPS) is 13.1. The first-order valence-electron chi connectivity index (χ1n) is 10.3. The molecular weight excluding hydrogens is 400 g/mol.